The number of hydrogen-bond donors (Lipinski definition) is 1. The largest absolute Gasteiger partial charge is 0.487 e. The molecule has 1 N–H and O–H groups in total. The normalized spacial score (nSPS) is 16.7. The first-order valence-electron chi connectivity index (χ1n) is 6.14. The van der Waals surface area contributed by atoms with Crippen LogP contribution < -0.4 is 10.1 Å². The maximum absolute atomic E-state index is 13.4. The van der Waals surface area contributed by atoms with Crippen LogP contribution in [0, 0.1) is 5.82 Å². The van der Waals surface area contributed by atoms with E-state index in [2.05, 4.69) is 21.2 Å². The van der Waals surface area contributed by atoms with E-state index in [0.29, 0.717) is 21.3 Å². The lowest BCUT2D eigenvalue weighted by Crippen LogP contribution is -2.32. The summed E-state index contributed by atoms with van der Waals surface area (Å²) in [5, 5.41) is 3.83. The molecule has 0 aliphatic heterocycles. The average molecular weight is 337 g/mol. The standard InChI is InChI=1S/C13H16BrClFNO/c1-2-9(7-17-8-3-4-8)18-13-6-12(16)10(14)5-11(13)15/h5-6,8-9,17H,2-4,7H2,1H3. The predicted octanol–water partition coefficient (Wildman–Crippen LogP) is 4.15. The van der Waals surface area contributed by atoms with E-state index < -0.39 is 0 Å². The van der Waals surface area contributed by atoms with Gasteiger partial charge in [-0.2, -0.15) is 0 Å². The number of ether oxygens (including phenoxy) is 1. The Balaban J connectivity index is 1.98. The highest BCUT2D eigenvalue weighted by molar-refractivity contribution is 9.10. The van der Waals surface area contributed by atoms with Gasteiger partial charge in [0.25, 0.3) is 0 Å². The number of nitrogens with one attached hydrogen (secondary N) is 1. The van der Waals surface area contributed by atoms with Gasteiger partial charge in [-0.15, -0.1) is 0 Å². The molecule has 0 amide bonds. The van der Waals surface area contributed by atoms with Gasteiger partial charge in [-0.1, -0.05) is 18.5 Å². The van der Waals surface area contributed by atoms with E-state index in [0.717, 1.165) is 13.0 Å². The molecule has 2 rings (SSSR count). The maximum atomic E-state index is 13.4. The minimum Gasteiger partial charge on any atom is -0.487 e. The first-order chi connectivity index (χ1) is 8.60. The lowest BCUT2D eigenvalue weighted by molar-refractivity contribution is 0.192. The van der Waals surface area contributed by atoms with Gasteiger partial charge in [-0.3, -0.25) is 0 Å². The summed E-state index contributed by atoms with van der Waals surface area (Å²) >= 11 is 9.13. The highest BCUT2D eigenvalue weighted by Crippen LogP contribution is 2.31. The van der Waals surface area contributed by atoms with Crippen LogP contribution in [-0.4, -0.2) is 18.7 Å². The van der Waals surface area contributed by atoms with Crippen molar-refractivity contribution in [2.45, 2.75) is 38.3 Å². The van der Waals surface area contributed by atoms with Crippen molar-refractivity contribution in [1.82, 2.24) is 5.32 Å². The molecule has 1 aromatic rings. The molecule has 0 bridgehead atoms. The van der Waals surface area contributed by atoms with E-state index in [1.807, 2.05) is 6.92 Å². The highest BCUT2D eigenvalue weighted by atomic mass is 79.9. The third kappa shape index (κ3) is 3.84. The molecule has 0 radical (unpaired) electrons. The van der Waals surface area contributed by atoms with Crippen LogP contribution in [0.1, 0.15) is 26.2 Å². The zero-order chi connectivity index (χ0) is 13.1. The molecular formula is C13H16BrClFNO. The smallest absolute Gasteiger partial charge is 0.141 e. The Hall–Kier alpha value is -0.320. The maximum Gasteiger partial charge on any atom is 0.141 e. The van der Waals surface area contributed by atoms with Crippen molar-refractivity contribution in [3.05, 3.63) is 27.4 Å². The van der Waals surface area contributed by atoms with E-state index in [4.69, 9.17) is 16.3 Å². The Morgan fingerprint density at radius 2 is 2.28 bits per heavy atom. The van der Waals surface area contributed by atoms with Gasteiger partial charge in [0.2, 0.25) is 0 Å². The molecule has 1 fully saturated rings. The van der Waals surface area contributed by atoms with E-state index in [9.17, 15) is 4.39 Å². The SMILES string of the molecule is CCC(CNC1CC1)Oc1cc(F)c(Br)cc1Cl. The van der Waals surface area contributed by atoms with Gasteiger partial charge in [0, 0.05) is 18.7 Å². The third-order valence-electron chi connectivity index (χ3n) is 2.94. The zero-order valence-corrected chi connectivity index (χ0v) is 12.5. The first kappa shape index (κ1) is 14.1. The third-order valence-corrected chi connectivity index (χ3v) is 3.84. The van der Waals surface area contributed by atoms with Crippen molar-refractivity contribution in [3.63, 3.8) is 0 Å². The zero-order valence-electron chi connectivity index (χ0n) is 10.2. The van der Waals surface area contributed by atoms with Crippen LogP contribution in [0.5, 0.6) is 5.75 Å². The van der Waals surface area contributed by atoms with Gasteiger partial charge in [0.15, 0.2) is 0 Å². The molecule has 1 aliphatic rings. The van der Waals surface area contributed by atoms with Crippen molar-refractivity contribution in [3.8, 4) is 5.75 Å². The Labute approximate surface area is 120 Å². The molecule has 2 nitrogen and oxygen atoms in total. The van der Waals surface area contributed by atoms with Crippen LogP contribution in [0.2, 0.25) is 5.02 Å². The topological polar surface area (TPSA) is 21.3 Å². The number of benzene rings is 1. The first-order valence-corrected chi connectivity index (χ1v) is 7.31. The molecule has 1 atom stereocenters. The fraction of sp³-hybridized carbons (Fsp3) is 0.538. The van der Waals surface area contributed by atoms with E-state index in [1.165, 1.54) is 25.0 Å². The Morgan fingerprint density at radius 1 is 1.56 bits per heavy atom. The summed E-state index contributed by atoms with van der Waals surface area (Å²) in [4.78, 5) is 0. The number of hydrogen-bond acceptors (Lipinski definition) is 2. The molecule has 100 valence electrons. The molecule has 1 aliphatic carbocycles. The summed E-state index contributed by atoms with van der Waals surface area (Å²) < 4.78 is 19.5. The van der Waals surface area contributed by atoms with E-state index in [-0.39, 0.29) is 11.9 Å². The van der Waals surface area contributed by atoms with Gasteiger partial charge in [-0.25, -0.2) is 4.39 Å². The average Bonchev–Trinajstić information content (AvgIpc) is 3.14. The van der Waals surface area contributed by atoms with E-state index in [1.54, 1.807) is 0 Å². The van der Waals surface area contributed by atoms with Crippen LogP contribution >= 0.6 is 27.5 Å². The Morgan fingerprint density at radius 3 is 2.89 bits per heavy atom. The van der Waals surface area contributed by atoms with E-state index >= 15 is 0 Å². The summed E-state index contributed by atoms with van der Waals surface area (Å²) in [6, 6.07) is 3.49. The predicted molar refractivity (Wildman–Crippen MR) is 74.8 cm³/mol. The minimum atomic E-state index is -0.362. The van der Waals surface area contributed by atoms with Crippen LogP contribution in [-0.2, 0) is 0 Å². The molecule has 18 heavy (non-hydrogen) atoms. The van der Waals surface area contributed by atoms with Crippen molar-refractivity contribution in [2.24, 2.45) is 0 Å². The van der Waals surface area contributed by atoms with Crippen molar-refractivity contribution in [2.75, 3.05) is 6.54 Å². The summed E-state index contributed by atoms with van der Waals surface area (Å²) in [6.07, 6.45) is 3.35. The van der Waals surface area contributed by atoms with Crippen LogP contribution in [0.25, 0.3) is 0 Å². The van der Waals surface area contributed by atoms with Gasteiger partial charge in [0.05, 0.1) is 9.50 Å². The van der Waals surface area contributed by atoms with Gasteiger partial charge in [0.1, 0.15) is 17.7 Å². The highest BCUT2D eigenvalue weighted by Gasteiger charge is 2.22. The van der Waals surface area contributed by atoms with Gasteiger partial charge in [-0.05, 0) is 41.3 Å². The molecule has 1 aromatic carbocycles. The second kappa shape index (κ2) is 6.22. The summed E-state index contributed by atoms with van der Waals surface area (Å²) in [5.41, 5.74) is 0. The number of rotatable bonds is 6. The molecule has 0 aromatic heterocycles. The molecular weight excluding hydrogens is 321 g/mol. The fourth-order valence-electron chi connectivity index (χ4n) is 1.63. The second-order valence-corrected chi connectivity index (χ2v) is 5.79. The fourth-order valence-corrected chi connectivity index (χ4v) is 2.31. The second-order valence-electron chi connectivity index (χ2n) is 4.53. The molecule has 5 heteroatoms. The van der Waals surface area contributed by atoms with Crippen molar-refractivity contribution < 1.29 is 9.13 Å². The Kier molecular flexibility index (Phi) is 4.87. The lowest BCUT2D eigenvalue weighted by Gasteiger charge is -2.19. The van der Waals surface area contributed by atoms with Crippen LogP contribution in [0.4, 0.5) is 4.39 Å². The summed E-state index contributed by atoms with van der Waals surface area (Å²) in [7, 11) is 0. The lowest BCUT2D eigenvalue weighted by atomic mass is 10.2. The Bertz CT molecular complexity index is 426. The quantitative estimate of drug-likeness (QED) is 0.788. The van der Waals surface area contributed by atoms with Crippen molar-refractivity contribution >= 4 is 27.5 Å². The van der Waals surface area contributed by atoms with Crippen molar-refractivity contribution in [1.29, 1.82) is 0 Å². The summed E-state index contributed by atoms with van der Waals surface area (Å²) in [5.74, 6) is 0.0428. The minimum absolute atomic E-state index is 0.0173. The molecule has 0 saturated heterocycles. The van der Waals surface area contributed by atoms with Crippen LogP contribution in [0.3, 0.4) is 0 Å². The summed E-state index contributed by atoms with van der Waals surface area (Å²) in [6.45, 7) is 2.82. The molecule has 0 heterocycles. The molecule has 0 spiro atoms. The number of halogens is 3. The molecule has 1 unspecified atom stereocenters. The van der Waals surface area contributed by atoms with Gasteiger partial charge >= 0.3 is 0 Å². The monoisotopic (exact) mass is 335 g/mol. The van der Waals surface area contributed by atoms with Crippen LogP contribution in [0.15, 0.2) is 16.6 Å². The van der Waals surface area contributed by atoms with Gasteiger partial charge < -0.3 is 10.1 Å². The molecule has 1 saturated carbocycles.